The summed E-state index contributed by atoms with van der Waals surface area (Å²) in [7, 11) is 1.70. The minimum absolute atomic E-state index is 0.0969. The molecule has 1 saturated heterocycles. The van der Waals surface area contributed by atoms with Crippen molar-refractivity contribution in [1.29, 1.82) is 0 Å². The molecular formula is C20H20IN3O2S. The van der Waals surface area contributed by atoms with E-state index in [4.69, 9.17) is 0 Å². The second-order valence-electron chi connectivity index (χ2n) is 6.45. The van der Waals surface area contributed by atoms with Crippen LogP contribution in [0.15, 0.2) is 47.5 Å². The van der Waals surface area contributed by atoms with Crippen LogP contribution in [0.4, 0.5) is 11.4 Å². The molecule has 1 atom stereocenters. The molecule has 0 unspecified atom stereocenters. The summed E-state index contributed by atoms with van der Waals surface area (Å²) in [6, 6.07) is 13.7. The average Bonchev–Trinajstić information content (AvgIpc) is 2.88. The van der Waals surface area contributed by atoms with E-state index in [9.17, 15) is 9.59 Å². The largest absolute Gasteiger partial charge is 0.326 e. The van der Waals surface area contributed by atoms with Crippen LogP contribution in [0, 0.1) is 17.4 Å². The first-order chi connectivity index (χ1) is 12.8. The normalized spacial score (nSPS) is 18.2. The molecule has 0 aromatic heterocycles. The SMILES string of the molecule is Cc1ccc(C)c(NC(=O)C[C@@H]2SC(=Nc3ccc(I)cc3)N(C)C2=O)c1. The number of amidine groups is 1. The zero-order valence-electron chi connectivity index (χ0n) is 15.3. The Hall–Kier alpha value is -1.87. The van der Waals surface area contributed by atoms with Crippen LogP contribution in [0.3, 0.4) is 0 Å². The van der Waals surface area contributed by atoms with Crippen molar-refractivity contribution in [1.82, 2.24) is 4.90 Å². The topological polar surface area (TPSA) is 61.8 Å². The van der Waals surface area contributed by atoms with Gasteiger partial charge in [-0.25, -0.2) is 4.99 Å². The van der Waals surface area contributed by atoms with Gasteiger partial charge in [-0.3, -0.25) is 14.5 Å². The van der Waals surface area contributed by atoms with E-state index in [1.165, 1.54) is 16.7 Å². The first-order valence-electron chi connectivity index (χ1n) is 8.49. The maximum absolute atomic E-state index is 12.5. The Morgan fingerprint density at radius 2 is 1.93 bits per heavy atom. The zero-order valence-corrected chi connectivity index (χ0v) is 18.3. The highest BCUT2D eigenvalue weighted by Crippen LogP contribution is 2.31. The van der Waals surface area contributed by atoms with E-state index in [-0.39, 0.29) is 18.2 Å². The van der Waals surface area contributed by atoms with Gasteiger partial charge in [0.25, 0.3) is 0 Å². The van der Waals surface area contributed by atoms with Crippen molar-refractivity contribution >= 4 is 62.7 Å². The zero-order chi connectivity index (χ0) is 19.6. The Balaban J connectivity index is 1.68. The number of amides is 2. The molecule has 2 aromatic carbocycles. The molecule has 1 heterocycles. The monoisotopic (exact) mass is 493 g/mol. The number of aryl methyl sites for hydroxylation is 2. The molecule has 1 fully saturated rings. The molecule has 0 spiro atoms. The third kappa shape index (κ3) is 4.90. The first kappa shape index (κ1) is 19.9. The van der Waals surface area contributed by atoms with Gasteiger partial charge in [-0.2, -0.15) is 0 Å². The first-order valence-corrected chi connectivity index (χ1v) is 10.4. The maximum atomic E-state index is 12.5. The molecule has 0 aliphatic carbocycles. The number of carbonyl (C=O) groups excluding carboxylic acids is 2. The van der Waals surface area contributed by atoms with Crippen LogP contribution in [-0.4, -0.2) is 34.2 Å². The van der Waals surface area contributed by atoms with Gasteiger partial charge in [0, 0.05) is 22.7 Å². The second-order valence-corrected chi connectivity index (χ2v) is 8.86. The van der Waals surface area contributed by atoms with Crippen molar-refractivity contribution < 1.29 is 9.59 Å². The highest BCUT2D eigenvalue weighted by molar-refractivity contribution is 14.1. The van der Waals surface area contributed by atoms with Gasteiger partial charge in [0.15, 0.2) is 5.17 Å². The highest BCUT2D eigenvalue weighted by Gasteiger charge is 2.37. The quantitative estimate of drug-likeness (QED) is 0.639. The molecule has 2 aromatic rings. The fourth-order valence-corrected chi connectivity index (χ4v) is 4.18. The molecule has 0 radical (unpaired) electrons. The number of rotatable bonds is 4. The van der Waals surface area contributed by atoms with E-state index < -0.39 is 5.25 Å². The number of nitrogens with one attached hydrogen (secondary N) is 1. The van der Waals surface area contributed by atoms with E-state index in [1.54, 1.807) is 7.05 Å². The van der Waals surface area contributed by atoms with Gasteiger partial charge >= 0.3 is 0 Å². The summed E-state index contributed by atoms with van der Waals surface area (Å²) >= 11 is 3.57. The summed E-state index contributed by atoms with van der Waals surface area (Å²) in [6.45, 7) is 3.93. The Morgan fingerprint density at radius 3 is 2.63 bits per heavy atom. The van der Waals surface area contributed by atoms with E-state index >= 15 is 0 Å². The molecule has 5 nitrogen and oxygen atoms in total. The van der Waals surface area contributed by atoms with E-state index in [0.29, 0.717) is 5.17 Å². The number of nitrogens with zero attached hydrogens (tertiary/aromatic N) is 2. The van der Waals surface area contributed by atoms with Crippen LogP contribution < -0.4 is 5.32 Å². The molecule has 7 heteroatoms. The van der Waals surface area contributed by atoms with Gasteiger partial charge in [-0.15, -0.1) is 0 Å². The number of thioether (sulfide) groups is 1. The van der Waals surface area contributed by atoms with Crippen molar-refractivity contribution in [2.24, 2.45) is 4.99 Å². The molecule has 0 saturated carbocycles. The minimum atomic E-state index is -0.456. The lowest BCUT2D eigenvalue weighted by molar-refractivity contribution is -0.127. The lowest BCUT2D eigenvalue weighted by atomic mass is 10.1. The van der Waals surface area contributed by atoms with E-state index in [1.807, 2.05) is 56.3 Å². The van der Waals surface area contributed by atoms with Crippen molar-refractivity contribution in [3.8, 4) is 0 Å². The van der Waals surface area contributed by atoms with E-state index in [2.05, 4.69) is 32.9 Å². The molecule has 0 bridgehead atoms. The summed E-state index contributed by atoms with van der Waals surface area (Å²) < 4.78 is 1.13. The predicted molar refractivity (Wildman–Crippen MR) is 120 cm³/mol. The Labute approximate surface area is 176 Å². The van der Waals surface area contributed by atoms with Crippen LogP contribution >= 0.6 is 34.4 Å². The van der Waals surface area contributed by atoms with Gasteiger partial charge in [-0.1, -0.05) is 23.9 Å². The van der Waals surface area contributed by atoms with Gasteiger partial charge in [0.2, 0.25) is 11.8 Å². The smallest absolute Gasteiger partial charge is 0.242 e. The number of hydrogen-bond acceptors (Lipinski definition) is 4. The molecule has 1 aliphatic rings. The fourth-order valence-electron chi connectivity index (χ4n) is 2.66. The van der Waals surface area contributed by atoms with Crippen LogP contribution in [0.25, 0.3) is 0 Å². The van der Waals surface area contributed by atoms with Crippen LogP contribution in [0.1, 0.15) is 17.5 Å². The molecule has 3 rings (SSSR count). The summed E-state index contributed by atoms with van der Waals surface area (Å²) in [5, 5.41) is 3.08. The van der Waals surface area contributed by atoms with Gasteiger partial charge in [-0.05, 0) is 77.9 Å². The molecule has 27 heavy (non-hydrogen) atoms. The lowest BCUT2D eigenvalue weighted by Crippen LogP contribution is -2.30. The number of anilines is 1. The molecule has 140 valence electrons. The summed E-state index contributed by atoms with van der Waals surface area (Å²) in [5.74, 6) is -0.265. The Bertz CT molecular complexity index is 912. The number of aliphatic imine (C=N–C) groups is 1. The molecule has 1 N–H and O–H groups in total. The second kappa shape index (κ2) is 8.43. The van der Waals surface area contributed by atoms with Crippen molar-refractivity contribution in [3.05, 3.63) is 57.2 Å². The van der Waals surface area contributed by atoms with Crippen molar-refractivity contribution in [3.63, 3.8) is 0 Å². The standard InChI is InChI=1S/C20H20IN3O2S/c1-12-4-5-13(2)16(10-12)23-18(25)11-17-19(26)24(3)20(27-17)22-15-8-6-14(21)7-9-15/h4-10,17H,11H2,1-3H3,(H,23,25)/t17-/m0/s1. The van der Waals surface area contributed by atoms with Gasteiger partial charge in [0.05, 0.1) is 5.69 Å². The van der Waals surface area contributed by atoms with Crippen LogP contribution in [0.2, 0.25) is 0 Å². The Morgan fingerprint density at radius 1 is 1.22 bits per heavy atom. The minimum Gasteiger partial charge on any atom is -0.326 e. The number of halogens is 1. The third-order valence-corrected chi connectivity index (χ3v) is 6.18. The van der Waals surface area contributed by atoms with Crippen LogP contribution in [0.5, 0.6) is 0 Å². The average molecular weight is 493 g/mol. The van der Waals surface area contributed by atoms with E-state index in [0.717, 1.165) is 26.1 Å². The summed E-state index contributed by atoms with van der Waals surface area (Å²) in [6.07, 6.45) is 0.118. The third-order valence-electron chi connectivity index (χ3n) is 4.23. The summed E-state index contributed by atoms with van der Waals surface area (Å²) in [5.41, 5.74) is 3.65. The van der Waals surface area contributed by atoms with Gasteiger partial charge in [0.1, 0.15) is 5.25 Å². The number of carbonyl (C=O) groups is 2. The lowest BCUT2D eigenvalue weighted by Gasteiger charge is -2.11. The predicted octanol–water partition coefficient (Wildman–Crippen LogP) is 4.50. The highest BCUT2D eigenvalue weighted by atomic mass is 127. The van der Waals surface area contributed by atoms with Crippen LogP contribution in [-0.2, 0) is 9.59 Å². The Kier molecular flexibility index (Phi) is 6.21. The molecule has 1 aliphatic heterocycles. The van der Waals surface area contributed by atoms with Gasteiger partial charge < -0.3 is 5.32 Å². The summed E-state index contributed by atoms with van der Waals surface area (Å²) in [4.78, 5) is 31.0. The number of hydrogen-bond donors (Lipinski definition) is 1. The number of benzene rings is 2. The van der Waals surface area contributed by atoms with Crippen molar-refractivity contribution in [2.45, 2.75) is 25.5 Å². The fraction of sp³-hybridized carbons (Fsp3) is 0.250. The molecule has 2 amide bonds. The maximum Gasteiger partial charge on any atom is 0.242 e. The molecular weight excluding hydrogens is 473 g/mol. The van der Waals surface area contributed by atoms with Crippen molar-refractivity contribution in [2.75, 3.05) is 12.4 Å².